The summed E-state index contributed by atoms with van der Waals surface area (Å²) >= 11 is 0. The van der Waals surface area contributed by atoms with Crippen LogP contribution in [0.1, 0.15) is 41.9 Å². The molecule has 0 aliphatic rings. The molecule has 0 saturated heterocycles. The number of rotatable bonds is 8. The summed E-state index contributed by atoms with van der Waals surface area (Å²) in [6.07, 6.45) is 0.625. The number of nitrogens with one attached hydrogen (secondary N) is 1. The van der Waals surface area contributed by atoms with Crippen LogP contribution in [0.25, 0.3) is 11.3 Å². The van der Waals surface area contributed by atoms with Gasteiger partial charge in [0.2, 0.25) is 6.41 Å². The van der Waals surface area contributed by atoms with Crippen LogP contribution in [-0.2, 0) is 21.1 Å². The molecule has 3 aromatic rings. The van der Waals surface area contributed by atoms with Gasteiger partial charge in [-0.1, -0.05) is 51.9 Å². The minimum atomic E-state index is 0.345. The fourth-order valence-corrected chi connectivity index (χ4v) is 3.07. The number of hydrogen-bond donors (Lipinski definition) is 1. The Labute approximate surface area is 194 Å². The highest BCUT2D eigenvalue weighted by molar-refractivity contribution is 6.00. The van der Waals surface area contributed by atoms with Gasteiger partial charge in [-0.15, -0.1) is 0 Å². The van der Waals surface area contributed by atoms with Gasteiger partial charge in [-0.3, -0.25) is 4.79 Å². The number of oxime groups is 2. The van der Waals surface area contributed by atoms with E-state index in [1.54, 1.807) is 7.05 Å². The normalized spacial score (nSPS) is 11.3. The molecule has 1 aromatic heterocycles. The molecule has 0 aliphatic heterocycles. The molecule has 3 rings (SSSR count). The number of nitrogens with zero attached hydrogens (tertiary/aromatic N) is 3. The number of hydrogen-bond acceptors (Lipinski definition) is 7. The summed E-state index contributed by atoms with van der Waals surface area (Å²) in [7, 11) is 3.10. The summed E-state index contributed by atoms with van der Waals surface area (Å²) in [4.78, 5) is 19.7. The van der Waals surface area contributed by atoms with Crippen molar-refractivity contribution in [3.8, 4) is 11.3 Å². The number of aromatic nitrogens is 1. The van der Waals surface area contributed by atoms with E-state index in [-0.39, 0.29) is 0 Å². The van der Waals surface area contributed by atoms with Crippen molar-refractivity contribution in [2.75, 3.05) is 14.2 Å². The largest absolute Gasteiger partial charge is 0.399 e. The van der Waals surface area contributed by atoms with Gasteiger partial charge in [0.05, 0.1) is 11.4 Å². The van der Waals surface area contributed by atoms with Gasteiger partial charge in [0.15, 0.2) is 0 Å². The third kappa shape index (κ3) is 7.31. The van der Waals surface area contributed by atoms with Crippen molar-refractivity contribution in [1.29, 1.82) is 0 Å². The second kappa shape index (κ2) is 12.8. The van der Waals surface area contributed by atoms with Crippen molar-refractivity contribution in [3.63, 3.8) is 0 Å². The Kier molecular flexibility index (Phi) is 9.82. The Morgan fingerprint density at radius 1 is 1.09 bits per heavy atom. The predicted octanol–water partition coefficient (Wildman–Crippen LogP) is 4.63. The molecule has 1 N–H and O–H groups in total. The number of carbonyl (C=O) groups excluding carboxylic acids is 1. The lowest BCUT2D eigenvalue weighted by Crippen LogP contribution is -2.05. The first-order valence-electron chi connectivity index (χ1n) is 10.4. The zero-order valence-electron chi connectivity index (χ0n) is 19.9. The molecule has 0 fully saturated rings. The van der Waals surface area contributed by atoms with Gasteiger partial charge >= 0.3 is 0 Å². The van der Waals surface area contributed by atoms with E-state index in [1.165, 1.54) is 7.11 Å². The van der Waals surface area contributed by atoms with Crippen LogP contribution in [0.15, 0.2) is 63.4 Å². The molecule has 0 saturated carbocycles. The molecule has 0 radical (unpaired) electrons. The molecule has 174 valence electrons. The standard InChI is InChI=1S/C23H25N3O3.C2H5NO/c1-15-8-6-11-21(18(4)24-27-5)22(15)14-28-25-17(3)19-9-7-10-20(13-19)23-12-16(2)29-26-23;1-3-2-4/h6-13H,14H2,1-5H3;2H,1H3,(H,3,4)/b24-18-,25-17+;. The van der Waals surface area contributed by atoms with Crippen LogP contribution in [0.4, 0.5) is 0 Å². The zero-order chi connectivity index (χ0) is 24.2. The predicted molar refractivity (Wildman–Crippen MR) is 129 cm³/mol. The van der Waals surface area contributed by atoms with Crippen LogP contribution in [0, 0.1) is 13.8 Å². The molecule has 2 aromatic carbocycles. The molecular formula is C25H30N4O4. The van der Waals surface area contributed by atoms with Crippen LogP contribution in [0.5, 0.6) is 0 Å². The number of aryl methyl sites for hydroxylation is 2. The topological polar surface area (TPSA) is 98.3 Å². The van der Waals surface area contributed by atoms with E-state index in [0.717, 1.165) is 50.7 Å². The Balaban J connectivity index is 0.000000890. The number of benzene rings is 2. The maximum absolute atomic E-state index is 9.06. The quantitative estimate of drug-likeness (QED) is 0.306. The molecule has 0 aliphatic carbocycles. The lowest BCUT2D eigenvalue weighted by atomic mass is 10.00. The monoisotopic (exact) mass is 450 g/mol. The van der Waals surface area contributed by atoms with Gasteiger partial charge < -0.3 is 19.5 Å². The van der Waals surface area contributed by atoms with Gasteiger partial charge in [0.1, 0.15) is 25.2 Å². The van der Waals surface area contributed by atoms with Gasteiger partial charge in [-0.2, -0.15) is 0 Å². The maximum Gasteiger partial charge on any atom is 0.206 e. The van der Waals surface area contributed by atoms with E-state index in [1.807, 2.05) is 76.2 Å². The van der Waals surface area contributed by atoms with Crippen LogP contribution in [0.2, 0.25) is 0 Å². The van der Waals surface area contributed by atoms with E-state index in [0.29, 0.717) is 13.0 Å². The van der Waals surface area contributed by atoms with Gasteiger partial charge in [0, 0.05) is 29.8 Å². The van der Waals surface area contributed by atoms with Crippen molar-refractivity contribution >= 4 is 17.8 Å². The third-order valence-electron chi connectivity index (χ3n) is 4.76. The van der Waals surface area contributed by atoms with E-state index >= 15 is 0 Å². The first kappa shape index (κ1) is 25.3. The minimum Gasteiger partial charge on any atom is -0.399 e. The highest BCUT2D eigenvalue weighted by Crippen LogP contribution is 2.21. The van der Waals surface area contributed by atoms with E-state index in [9.17, 15) is 0 Å². The molecule has 1 heterocycles. The van der Waals surface area contributed by atoms with Crippen LogP contribution in [-0.4, -0.2) is 37.1 Å². The van der Waals surface area contributed by atoms with Gasteiger partial charge in [-0.25, -0.2) is 0 Å². The van der Waals surface area contributed by atoms with Crippen LogP contribution >= 0.6 is 0 Å². The Morgan fingerprint density at radius 3 is 2.45 bits per heavy atom. The van der Waals surface area contributed by atoms with Crippen molar-refractivity contribution in [2.24, 2.45) is 10.3 Å². The second-order valence-electron chi connectivity index (χ2n) is 7.22. The van der Waals surface area contributed by atoms with E-state index in [2.05, 4.69) is 20.8 Å². The molecule has 0 atom stereocenters. The van der Waals surface area contributed by atoms with Crippen molar-refractivity contribution < 1.29 is 19.0 Å². The lowest BCUT2D eigenvalue weighted by molar-refractivity contribution is -0.109. The van der Waals surface area contributed by atoms with E-state index < -0.39 is 0 Å². The Hall–Kier alpha value is -3.94. The van der Waals surface area contributed by atoms with Crippen molar-refractivity contribution in [1.82, 2.24) is 10.5 Å². The van der Waals surface area contributed by atoms with Gasteiger partial charge in [0.25, 0.3) is 0 Å². The molecule has 8 heteroatoms. The summed E-state index contributed by atoms with van der Waals surface area (Å²) in [6, 6.07) is 15.9. The lowest BCUT2D eigenvalue weighted by Gasteiger charge is -2.11. The Bertz CT molecular complexity index is 1120. The fraction of sp³-hybridized carbons (Fsp3) is 0.280. The molecule has 0 unspecified atom stereocenters. The molecule has 0 spiro atoms. The first-order chi connectivity index (χ1) is 15.9. The highest BCUT2D eigenvalue weighted by atomic mass is 16.6. The molecule has 0 bridgehead atoms. The minimum absolute atomic E-state index is 0.345. The van der Waals surface area contributed by atoms with Crippen molar-refractivity contribution in [3.05, 3.63) is 76.5 Å². The average molecular weight is 451 g/mol. The first-order valence-corrected chi connectivity index (χ1v) is 10.4. The Morgan fingerprint density at radius 2 is 1.82 bits per heavy atom. The summed E-state index contributed by atoms with van der Waals surface area (Å²) in [5.41, 5.74) is 7.46. The van der Waals surface area contributed by atoms with Crippen molar-refractivity contribution in [2.45, 2.75) is 34.3 Å². The number of carbonyl (C=O) groups is 1. The summed E-state index contributed by atoms with van der Waals surface area (Å²) in [5, 5.41) is 14.7. The average Bonchev–Trinajstić information content (AvgIpc) is 3.26. The molecule has 8 nitrogen and oxygen atoms in total. The smallest absolute Gasteiger partial charge is 0.206 e. The SMILES string of the molecule is CNC=O.CO/N=C(/C)c1cccc(C)c1CO/N=C(\C)c1cccc(-c2cc(C)on2)c1. The van der Waals surface area contributed by atoms with E-state index in [4.69, 9.17) is 19.0 Å². The maximum atomic E-state index is 9.06. The summed E-state index contributed by atoms with van der Waals surface area (Å²) < 4.78 is 5.17. The van der Waals surface area contributed by atoms with Crippen LogP contribution < -0.4 is 5.32 Å². The fourth-order valence-electron chi connectivity index (χ4n) is 3.07. The third-order valence-corrected chi connectivity index (χ3v) is 4.76. The molecule has 1 amide bonds. The number of amides is 1. The highest BCUT2D eigenvalue weighted by Gasteiger charge is 2.10. The summed E-state index contributed by atoms with van der Waals surface area (Å²) in [5.74, 6) is 0.778. The summed E-state index contributed by atoms with van der Waals surface area (Å²) in [6.45, 7) is 8.09. The van der Waals surface area contributed by atoms with Gasteiger partial charge in [-0.05, 0) is 44.9 Å². The molecular weight excluding hydrogens is 420 g/mol. The second-order valence-corrected chi connectivity index (χ2v) is 7.22. The van der Waals surface area contributed by atoms with Crippen LogP contribution in [0.3, 0.4) is 0 Å². The zero-order valence-corrected chi connectivity index (χ0v) is 19.9. The molecule has 33 heavy (non-hydrogen) atoms.